The predicted molar refractivity (Wildman–Crippen MR) is 38.8 cm³/mol. The highest BCUT2D eigenvalue weighted by Gasteiger charge is 2.26. The second kappa shape index (κ2) is 3.15. The summed E-state index contributed by atoms with van der Waals surface area (Å²) in [4.78, 5) is 10.5. The summed E-state index contributed by atoms with van der Waals surface area (Å²) < 4.78 is 5.34. The van der Waals surface area contributed by atoms with Crippen molar-refractivity contribution in [2.75, 3.05) is 6.61 Å². The molecule has 0 amide bonds. The Bertz CT molecular complexity index is 121. The molecular weight excluding hydrogens is 128 g/mol. The number of hydrogen-bond acceptors (Lipinski definition) is 2. The maximum atomic E-state index is 10.5. The number of carbonyl (C=O) groups is 1. The summed E-state index contributed by atoms with van der Waals surface area (Å²) in [6.45, 7) is 4.80. The van der Waals surface area contributed by atoms with E-state index in [9.17, 15) is 4.79 Å². The number of ether oxygens (including phenoxy) is 1. The third kappa shape index (κ3) is 2.10. The van der Waals surface area contributed by atoms with Gasteiger partial charge in [0.2, 0.25) is 0 Å². The first-order chi connectivity index (χ1) is 4.68. The summed E-state index contributed by atoms with van der Waals surface area (Å²) in [6.07, 6.45) is 1.79. The van der Waals surface area contributed by atoms with Crippen LogP contribution < -0.4 is 0 Å². The van der Waals surface area contributed by atoms with Gasteiger partial charge in [-0.3, -0.25) is 4.79 Å². The summed E-state index contributed by atoms with van der Waals surface area (Å²) >= 11 is 0. The molecule has 1 aliphatic rings. The minimum absolute atomic E-state index is 0.302. The Hall–Kier alpha value is -0.370. The average Bonchev–Trinajstić information content (AvgIpc) is 1.77. The molecule has 2 heteroatoms. The summed E-state index contributed by atoms with van der Waals surface area (Å²) in [6, 6.07) is 0. The number of rotatable bonds is 3. The van der Waals surface area contributed by atoms with E-state index in [4.69, 9.17) is 4.74 Å². The lowest BCUT2D eigenvalue weighted by atomic mass is 9.85. The van der Waals surface area contributed by atoms with Crippen molar-refractivity contribution in [3.8, 4) is 0 Å². The molecule has 1 rings (SSSR count). The molecule has 1 saturated carbocycles. The van der Waals surface area contributed by atoms with Crippen molar-refractivity contribution in [1.82, 2.24) is 0 Å². The van der Waals surface area contributed by atoms with Gasteiger partial charge in [0.15, 0.2) is 0 Å². The van der Waals surface area contributed by atoms with Crippen molar-refractivity contribution in [3.05, 3.63) is 0 Å². The summed E-state index contributed by atoms with van der Waals surface area (Å²) in [5.41, 5.74) is 0. The minimum Gasteiger partial charge on any atom is -0.378 e. The first-order valence-corrected chi connectivity index (χ1v) is 3.82. The summed E-state index contributed by atoms with van der Waals surface area (Å²) in [7, 11) is 0. The molecule has 0 aromatic carbocycles. The van der Waals surface area contributed by atoms with Crippen LogP contribution in [0.25, 0.3) is 0 Å². The third-order valence-electron chi connectivity index (χ3n) is 1.70. The molecule has 0 heterocycles. The molecule has 1 fully saturated rings. The molecule has 0 bridgehead atoms. The molecule has 0 spiro atoms. The molecule has 10 heavy (non-hydrogen) atoms. The van der Waals surface area contributed by atoms with Gasteiger partial charge in [-0.1, -0.05) is 0 Å². The van der Waals surface area contributed by atoms with E-state index in [1.54, 1.807) is 0 Å². The van der Waals surface area contributed by atoms with Crippen LogP contribution in [0.4, 0.5) is 0 Å². The highest BCUT2D eigenvalue weighted by atomic mass is 16.5. The van der Waals surface area contributed by atoms with E-state index >= 15 is 0 Å². The predicted octanol–water partition coefficient (Wildman–Crippen LogP) is 1.39. The zero-order valence-corrected chi connectivity index (χ0v) is 6.59. The van der Waals surface area contributed by atoms with Crippen molar-refractivity contribution >= 4 is 5.78 Å². The van der Waals surface area contributed by atoms with Gasteiger partial charge >= 0.3 is 0 Å². The maximum absolute atomic E-state index is 10.5. The fraction of sp³-hybridized carbons (Fsp3) is 0.875. The number of carbonyl (C=O) groups excluding carboxylic acids is 1. The van der Waals surface area contributed by atoms with Crippen LogP contribution in [0.3, 0.4) is 0 Å². The van der Waals surface area contributed by atoms with Crippen LogP contribution in [0.15, 0.2) is 0 Å². The Morgan fingerprint density at radius 3 is 2.60 bits per heavy atom. The lowest BCUT2D eigenvalue weighted by Gasteiger charge is -2.24. The number of hydrogen-bond donors (Lipinski definition) is 0. The second-order valence-corrected chi connectivity index (χ2v) is 3.20. The Morgan fingerprint density at radius 1 is 1.60 bits per heavy atom. The quantitative estimate of drug-likeness (QED) is 0.595. The molecule has 0 N–H and O–H groups in total. The van der Waals surface area contributed by atoms with Crippen LogP contribution in [-0.2, 0) is 9.53 Å². The first-order valence-electron chi connectivity index (χ1n) is 3.82. The highest BCUT2D eigenvalue weighted by molar-refractivity contribution is 5.84. The van der Waals surface area contributed by atoms with Gasteiger partial charge in [0, 0.05) is 12.8 Å². The van der Waals surface area contributed by atoms with Crippen LogP contribution in [0.5, 0.6) is 0 Å². The Morgan fingerprint density at radius 2 is 2.20 bits per heavy atom. The number of Topliss-reactive ketones (excluding diaryl/α,β-unsaturated/α-hetero) is 1. The van der Waals surface area contributed by atoms with Crippen molar-refractivity contribution in [3.63, 3.8) is 0 Å². The molecule has 1 aliphatic carbocycles. The largest absolute Gasteiger partial charge is 0.378 e. The van der Waals surface area contributed by atoms with Crippen LogP contribution in [-0.4, -0.2) is 18.5 Å². The fourth-order valence-corrected chi connectivity index (χ4v) is 1.03. The van der Waals surface area contributed by atoms with Crippen molar-refractivity contribution < 1.29 is 9.53 Å². The Kier molecular flexibility index (Phi) is 2.44. The van der Waals surface area contributed by atoms with E-state index < -0.39 is 0 Å². The van der Waals surface area contributed by atoms with Crippen molar-refractivity contribution in [2.24, 2.45) is 5.92 Å². The highest BCUT2D eigenvalue weighted by Crippen LogP contribution is 2.22. The Labute approximate surface area is 61.6 Å². The van der Waals surface area contributed by atoms with Gasteiger partial charge < -0.3 is 4.74 Å². The van der Waals surface area contributed by atoms with E-state index in [0.717, 1.165) is 19.4 Å². The van der Waals surface area contributed by atoms with Gasteiger partial charge in [-0.15, -0.1) is 0 Å². The van der Waals surface area contributed by atoms with Crippen LogP contribution >= 0.6 is 0 Å². The van der Waals surface area contributed by atoms with Crippen LogP contribution in [0, 0.1) is 5.92 Å². The minimum atomic E-state index is 0.302. The van der Waals surface area contributed by atoms with Gasteiger partial charge in [0.25, 0.3) is 0 Å². The van der Waals surface area contributed by atoms with E-state index in [0.29, 0.717) is 17.8 Å². The zero-order chi connectivity index (χ0) is 7.56. The Balaban J connectivity index is 2.00. The van der Waals surface area contributed by atoms with E-state index in [1.807, 2.05) is 13.8 Å². The molecule has 0 aromatic heterocycles. The molecule has 0 aromatic rings. The topological polar surface area (TPSA) is 26.3 Å². The normalized spacial score (nSPS) is 19.7. The smallest absolute Gasteiger partial charge is 0.133 e. The molecule has 0 aliphatic heterocycles. The van der Waals surface area contributed by atoms with Gasteiger partial charge in [-0.2, -0.15) is 0 Å². The molecule has 0 saturated heterocycles. The number of ketones is 1. The molecule has 0 unspecified atom stereocenters. The van der Waals surface area contributed by atoms with Gasteiger partial charge in [0.1, 0.15) is 5.78 Å². The van der Waals surface area contributed by atoms with Crippen LogP contribution in [0.2, 0.25) is 0 Å². The van der Waals surface area contributed by atoms with E-state index in [1.165, 1.54) is 0 Å². The summed E-state index contributed by atoms with van der Waals surface area (Å²) in [5, 5.41) is 0. The molecule has 2 nitrogen and oxygen atoms in total. The molecule has 0 radical (unpaired) electrons. The molecular formula is C8H14O2. The van der Waals surface area contributed by atoms with E-state index in [-0.39, 0.29) is 0 Å². The van der Waals surface area contributed by atoms with Crippen molar-refractivity contribution in [1.29, 1.82) is 0 Å². The molecule has 58 valence electrons. The maximum Gasteiger partial charge on any atom is 0.133 e. The fourth-order valence-electron chi connectivity index (χ4n) is 1.03. The van der Waals surface area contributed by atoms with Crippen molar-refractivity contribution in [2.45, 2.75) is 32.8 Å². The first kappa shape index (κ1) is 7.73. The standard InChI is InChI=1S/C8H14O2/c1-6(2)10-5-7-3-8(9)4-7/h6-7H,3-5H2,1-2H3. The monoisotopic (exact) mass is 142 g/mol. The average molecular weight is 142 g/mol. The molecule has 0 atom stereocenters. The zero-order valence-electron chi connectivity index (χ0n) is 6.59. The van der Waals surface area contributed by atoms with Crippen LogP contribution in [0.1, 0.15) is 26.7 Å². The van der Waals surface area contributed by atoms with E-state index in [2.05, 4.69) is 0 Å². The third-order valence-corrected chi connectivity index (χ3v) is 1.70. The van der Waals surface area contributed by atoms with Gasteiger partial charge in [-0.05, 0) is 19.8 Å². The lowest BCUT2D eigenvalue weighted by Crippen LogP contribution is -2.28. The van der Waals surface area contributed by atoms with Gasteiger partial charge in [-0.25, -0.2) is 0 Å². The SMILES string of the molecule is CC(C)OCC1CC(=O)C1. The summed E-state index contributed by atoms with van der Waals surface area (Å²) in [5.74, 6) is 0.909. The lowest BCUT2D eigenvalue weighted by molar-refractivity contribution is -0.129. The van der Waals surface area contributed by atoms with Gasteiger partial charge in [0.05, 0.1) is 12.7 Å². The second-order valence-electron chi connectivity index (χ2n) is 3.20.